The molecular weight excluding hydrogens is 232 g/mol. The van der Waals surface area contributed by atoms with Gasteiger partial charge in [0.25, 0.3) is 0 Å². The molecule has 0 heterocycles. The summed E-state index contributed by atoms with van der Waals surface area (Å²) in [4.78, 5) is 0. The summed E-state index contributed by atoms with van der Waals surface area (Å²) in [5.41, 5.74) is 2.44. The van der Waals surface area contributed by atoms with Gasteiger partial charge in [-0.25, -0.2) is 0 Å². The van der Waals surface area contributed by atoms with Crippen LogP contribution in [0.15, 0.2) is 73.8 Å². The summed E-state index contributed by atoms with van der Waals surface area (Å²) in [7, 11) is 0. The van der Waals surface area contributed by atoms with E-state index >= 15 is 0 Å². The zero-order valence-electron chi connectivity index (χ0n) is 11.0. The quantitative estimate of drug-likeness (QED) is 0.660. The van der Waals surface area contributed by atoms with Crippen LogP contribution in [-0.4, -0.2) is 0 Å². The molecule has 1 heteroatoms. The van der Waals surface area contributed by atoms with Crippen LogP contribution in [0.25, 0.3) is 0 Å². The smallest absolute Gasteiger partial charge is 0.127 e. The maximum Gasteiger partial charge on any atom is 0.127 e. The first kappa shape index (κ1) is 13.2. The monoisotopic (exact) mass is 250 g/mol. The fourth-order valence-electron chi connectivity index (χ4n) is 1.90. The van der Waals surface area contributed by atoms with Gasteiger partial charge in [0.15, 0.2) is 0 Å². The molecule has 1 nitrogen and oxygen atoms in total. The van der Waals surface area contributed by atoms with Crippen molar-refractivity contribution in [3.63, 3.8) is 0 Å². The largest absolute Gasteiger partial charge is 0.457 e. The second-order valence-corrected chi connectivity index (χ2v) is 4.38. The topological polar surface area (TPSA) is 9.23 Å². The molecule has 0 bridgehead atoms. The van der Waals surface area contributed by atoms with E-state index in [2.05, 4.69) is 31.4 Å². The number of hydrogen-bond donors (Lipinski definition) is 0. The SMILES string of the molecule is C=CCc1ccc(Oc2cccc(CC=C)c2)cc1. The molecule has 2 aromatic carbocycles. The minimum absolute atomic E-state index is 0.851. The predicted molar refractivity (Wildman–Crippen MR) is 80.8 cm³/mol. The van der Waals surface area contributed by atoms with E-state index in [4.69, 9.17) is 4.74 Å². The van der Waals surface area contributed by atoms with Crippen molar-refractivity contribution in [2.75, 3.05) is 0 Å². The summed E-state index contributed by atoms with van der Waals surface area (Å²) in [5, 5.41) is 0. The molecule has 0 atom stereocenters. The average molecular weight is 250 g/mol. The van der Waals surface area contributed by atoms with Crippen LogP contribution in [0.3, 0.4) is 0 Å². The summed E-state index contributed by atoms with van der Waals surface area (Å²) in [6.45, 7) is 7.48. The van der Waals surface area contributed by atoms with Crippen LogP contribution in [-0.2, 0) is 12.8 Å². The zero-order chi connectivity index (χ0) is 13.5. The lowest BCUT2D eigenvalue weighted by molar-refractivity contribution is 0.482. The molecule has 0 radical (unpaired) electrons. The fourth-order valence-corrected chi connectivity index (χ4v) is 1.90. The maximum atomic E-state index is 5.84. The molecule has 2 rings (SSSR count). The summed E-state index contributed by atoms with van der Waals surface area (Å²) in [6.07, 6.45) is 5.53. The van der Waals surface area contributed by atoms with Gasteiger partial charge in [-0.2, -0.15) is 0 Å². The minimum Gasteiger partial charge on any atom is -0.457 e. The third-order valence-corrected chi connectivity index (χ3v) is 2.82. The highest BCUT2D eigenvalue weighted by Gasteiger charge is 1.99. The maximum absolute atomic E-state index is 5.84. The first-order chi connectivity index (χ1) is 9.31. The van der Waals surface area contributed by atoms with E-state index in [9.17, 15) is 0 Å². The van der Waals surface area contributed by atoms with Crippen LogP contribution in [0.5, 0.6) is 11.5 Å². The van der Waals surface area contributed by atoms with Crippen LogP contribution in [0.2, 0.25) is 0 Å². The van der Waals surface area contributed by atoms with Gasteiger partial charge in [-0.3, -0.25) is 0 Å². The molecule has 0 saturated heterocycles. The lowest BCUT2D eigenvalue weighted by Gasteiger charge is -2.07. The first-order valence-electron chi connectivity index (χ1n) is 6.39. The van der Waals surface area contributed by atoms with E-state index in [-0.39, 0.29) is 0 Å². The van der Waals surface area contributed by atoms with Crippen molar-refractivity contribution in [3.8, 4) is 11.5 Å². The molecule has 0 aliphatic heterocycles. The second kappa shape index (κ2) is 6.60. The Hall–Kier alpha value is -2.28. The Morgan fingerprint density at radius 2 is 1.47 bits per heavy atom. The van der Waals surface area contributed by atoms with Gasteiger partial charge in [-0.15, -0.1) is 13.2 Å². The normalized spacial score (nSPS) is 9.89. The van der Waals surface area contributed by atoms with Crippen LogP contribution in [0.1, 0.15) is 11.1 Å². The van der Waals surface area contributed by atoms with Crippen molar-refractivity contribution in [2.45, 2.75) is 12.8 Å². The molecule has 96 valence electrons. The Balaban J connectivity index is 2.09. The van der Waals surface area contributed by atoms with E-state index < -0.39 is 0 Å². The van der Waals surface area contributed by atoms with Crippen molar-refractivity contribution < 1.29 is 4.74 Å². The molecule has 0 spiro atoms. The number of hydrogen-bond acceptors (Lipinski definition) is 1. The Kier molecular flexibility index (Phi) is 4.57. The molecule has 0 fully saturated rings. The van der Waals surface area contributed by atoms with Gasteiger partial charge >= 0.3 is 0 Å². The van der Waals surface area contributed by atoms with Gasteiger partial charge in [0.1, 0.15) is 11.5 Å². The molecule has 0 N–H and O–H groups in total. The van der Waals surface area contributed by atoms with E-state index in [1.165, 1.54) is 11.1 Å². The lowest BCUT2D eigenvalue weighted by atomic mass is 10.1. The van der Waals surface area contributed by atoms with Crippen molar-refractivity contribution >= 4 is 0 Å². The Bertz CT molecular complexity index is 552. The highest BCUT2D eigenvalue weighted by Crippen LogP contribution is 2.23. The Morgan fingerprint density at radius 1 is 0.789 bits per heavy atom. The molecule has 0 amide bonds. The van der Waals surface area contributed by atoms with Gasteiger partial charge < -0.3 is 4.74 Å². The van der Waals surface area contributed by atoms with Gasteiger partial charge in [-0.05, 0) is 48.2 Å². The van der Waals surface area contributed by atoms with E-state index in [0.717, 1.165) is 24.3 Å². The molecule has 0 aliphatic rings. The molecule has 2 aromatic rings. The molecule has 19 heavy (non-hydrogen) atoms. The van der Waals surface area contributed by atoms with Crippen molar-refractivity contribution in [1.82, 2.24) is 0 Å². The summed E-state index contributed by atoms with van der Waals surface area (Å²) >= 11 is 0. The van der Waals surface area contributed by atoms with Crippen LogP contribution >= 0.6 is 0 Å². The van der Waals surface area contributed by atoms with E-state index in [1.807, 2.05) is 42.5 Å². The standard InChI is InChI=1S/C18H18O/c1-3-6-15-10-12-17(13-11-15)19-18-9-5-8-16(14-18)7-4-2/h3-5,8-14H,1-2,6-7H2. The number of ether oxygens (including phenoxy) is 1. The molecular formula is C18H18O. The fraction of sp³-hybridized carbons (Fsp3) is 0.111. The van der Waals surface area contributed by atoms with Gasteiger partial charge in [-0.1, -0.05) is 36.4 Å². The van der Waals surface area contributed by atoms with Crippen LogP contribution < -0.4 is 4.74 Å². The predicted octanol–water partition coefficient (Wildman–Crippen LogP) is 4.94. The number of allylic oxidation sites excluding steroid dienone is 2. The van der Waals surface area contributed by atoms with E-state index in [0.29, 0.717) is 0 Å². The van der Waals surface area contributed by atoms with E-state index in [1.54, 1.807) is 0 Å². The number of rotatable bonds is 6. The first-order valence-corrected chi connectivity index (χ1v) is 6.39. The number of benzene rings is 2. The lowest BCUT2D eigenvalue weighted by Crippen LogP contribution is -1.87. The third-order valence-electron chi connectivity index (χ3n) is 2.82. The average Bonchev–Trinajstić information content (AvgIpc) is 2.42. The molecule has 0 aromatic heterocycles. The highest BCUT2D eigenvalue weighted by molar-refractivity contribution is 5.36. The van der Waals surface area contributed by atoms with Crippen molar-refractivity contribution in [2.24, 2.45) is 0 Å². The molecule has 0 unspecified atom stereocenters. The summed E-state index contributed by atoms with van der Waals surface area (Å²) < 4.78 is 5.84. The summed E-state index contributed by atoms with van der Waals surface area (Å²) in [6, 6.07) is 16.2. The van der Waals surface area contributed by atoms with Crippen LogP contribution in [0, 0.1) is 0 Å². The van der Waals surface area contributed by atoms with Gasteiger partial charge in [0.05, 0.1) is 0 Å². The highest BCUT2D eigenvalue weighted by atomic mass is 16.5. The minimum atomic E-state index is 0.851. The molecule has 0 aliphatic carbocycles. The van der Waals surface area contributed by atoms with Crippen LogP contribution in [0.4, 0.5) is 0 Å². The van der Waals surface area contributed by atoms with Crippen molar-refractivity contribution in [3.05, 3.63) is 85.0 Å². The second-order valence-electron chi connectivity index (χ2n) is 4.38. The Labute approximate surface area is 114 Å². The Morgan fingerprint density at radius 3 is 2.16 bits per heavy atom. The van der Waals surface area contributed by atoms with Crippen molar-refractivity contribution in [1.29, 1.82) is 0 Å². The zero-order valence-corrected chi connectivity index (χ0v) is 11.0. The van der Waals surface area contributed by atoms with Gasteiger partial charge in [0, 0.05) is 0 Å². The molecule has 0 saturated carbocycles. The third kappa shape index (κ3) is 3.85. The summed E-state index contributed by atoms with van der Waals surface area (Å²) in [5.74, 6) is 1.71. The van der Waals surface area contributed by atoms with Gasteiger partial charge in [0.2, 0.25) is 0 Å².